The van der Waals surface area contributed by atoms with Crippen molar-refractivity contribution < 1.29 is 13.9 Å². The second-order valence-electron chi connectivity index (χ2n) is 3.82. The number of anilines is 1. The first-order valence-corrected chi connectivity index (χ1v) is 5.50. The van der Waals surface area contributed by atoms with Crippen molar-refractivity contribution in [1.82, 2.24) is 0 Å². The molecular formula is C14H15ClFNO2. The molecule has 0 aliphatic heterocycles. The molecule has 0 saturated heterocycles. The Kier molecular flexibility index (Phi) is 5.45. The van der Waals surface area contributed by atoms with Gasteiger partial charge in [0.15, 0.2) is 0 Å². The van der Waals surface area contributed by atoms with Gasteiger partial charge in [-0.05, 0) is 29.8 Å². The van der Waals surface area contributed by atoms with Crippen LogP contribution in [0, 0.1) is 5.82 Å². The molecule has 2 N–H and O–H groups in total. The van der Waals surface area contributed by atoms with Gasteiger partial charge in [-0.3, -0.25) is 0 Å². The van der Waals surface area contributed by atoms with Crippen LogP contribution in [0.2, 0.25) is 0 Å². The number of rotatable bonds is 4. The Morgan fingerprint density at radius 1 is 1.16 bits per heavy atom. The molecule has 2 aromatic carbocycles. The molecule has 0 aliphatic rings. The van der Waals surface area contributed by atoms with Crippen molar-refractivity contribution in [2.24, 2.45) is 0 Å². The summed E-state index contributed by atoms with van der Waals surface area (Å²) < 4.78 is 23.5. The van der Waals surface area contributed by atoms with E-state index in [0.717, 1.165) is 5.56 Å². The monoisotopic (exact) mass is 283 g/mol. The van der Waals surface area contributed by atoms with Gasteiger partial charge in [0, 0.05) is 6.07 Å². The summed E-state index contributed by atoms with van der Waals surface area (Å²) in [6, 6.07) is 11.4. The lowest BCUT2D eigenvalue weighted by molar-refractivity contribution is 0.304. The molecule has 0 radical (unpaired) electrons. The van der Waals surface area contributed by atoms with Crippen LogP contribution < -0.4 is 15.2 Å². The molecule has 2 aromatic rings. The predicted octanol–water partition coefficient (Wildman–Crippen LogP) is 3.42. The first-order chi connectivity index (χ1) is 8.69. The molecule has 3 nitrogen and oxygen atoms in total. The maximum absolute atomic E-state index is 12.9. The summed E-state index contributed by atoms with van der Waals surface area (Å²) in [5, 5.41) is 0. The fraction of sp³-hybridized carbons (Fsp3) is 0.143. The predicted molar refractivity (Wildman–Crippen MR) is 75.4 cm³/mol. The maximum Gasteiger partial charge on any atom is 0.141 e. The van der Waals surface area contributed by atoms with Gasteiger partial charge in [0.05, 0.1) is 12.8 Å². The number of methoxy groups -OCH3 is 1. The molecule has 5 heteroatoms. The van der Waals surface area contributed by atoms with E-state index >= 15 is 0 Å². The zero-order valence-electron chi connectivity index (χ0n) is 10.4. The highest BCUT2D eigenvalue weighted by atomic mass is 35.5. The van der Waals surface area contributed by atoms with E-state index < -0.39 is 0 Å². The van der Waals surface area contributed by atoms with E-state index in [-0.39, 0.29) is 18.2 Å². The summed E-state index contributed by atoms with van der Waals surface area (Å²) in [5.74, 6) is 0.802. The third-order valence-corrected chi connectivity index (χ3v) is 2.50. The van der Waals surface area contributed by atoms with Crippen molar-refractivity contribution in [1.29, 1.82) is 0 Å². The number of ether oxygens (including phenoxy) is 2. The van der Waals surface area contributed by atoms with E-state index in [4.69, 9.17) is 15.2 Å². The zero-order chi connectivity index (χ0) is 13.0. The largest absolute Gasteiger partial charge is 0.495 e. The standard InChI is InChI=1S/C14H14FNO2.ClH/c1-17-14-6-5-10(7-13(14)16)9-18-12-4-2-3-11(15)8-12;/h2-8H,9,16H2,1H3;1H. The first-order valence-electron chi connectivity index (χ1n) is 5.50. The number of nitrogen functional groups attached to an aromatic ring is 1. The molecule has 0 atom stereocenters. The molecular weight excluding hydrogens is 269 g/mol. The zero-order valence-corrected chi connectivity index (χ0v) is 11.2. The van der Waals surface area contributed by atoms with Gasteiger partial charge in [0.25, 0.3) is 0 Å². The highest BCUT2D eigenvalue weighted by Gasteiger charge is 2.02. The van der Waals surface area contributed by atoms with E-state index in [1.165, 1.54) is 12.1 Å². The molecule has 2 rings (SSSR count). The Bertz CT molecular complexity index is 549. The van der Waals surface area contributed by atoms with E-state index in [1.807, 2.05) is 6.07 Å². The summed E-state index contributed by atoms with van der Waals surface area (Å²) in [7, 11) is 1.56. The lowest BCUT2D eigenvalue weighted by Gasteiger charge is -2.09. The van der Waals surface area contributed by atoms with Crippen molar-refractivity contribution >= 4 is 18.1 Å². The normalized spacial score (nSPS) is 9.58. The maximum atomic E-state index is 12.9. The summed E-state index contributed by atoms with van der Waals surface area (Å²) >= 11 is 0. The van der Waals surface area contributed by atoms with Gasteiger partial charge in [-0.15, -0.1) is 12.4 Å². The van der Waals surface area contributed by atoms with Gasteiger partial charge in [-0.25, -0.2) is 4.39 Å². The number of hydrogen-bond acceptors (Lipinski definition) is 3. The topological polar surface area (TPSA) is 44.5 Å². The molecule has 0 unspecified atom stereocenters. The molecule has 0 amide bonds. The van der Waals surface area contributed by atoms with E-state index in [9.17, 15) is 4.39 Å². The molecule has 0 bridgehead atoms. The van der Waals surface area contributed by atoms with Gasteiger partial charge >= 0.3 is 0 Å². The van der Waals surface area contributed by atoms with Crippen LogP contribution in [-0.4, -0.2) is 7.11 Å². The van der Waals surface area contributed by atoms with Crippen LogP contribution in [0.5, 0.6) is 11.5 Å². The van der Waals surface area contributed by atoms with Crippen LogP contribution in [0.3, 0.4) is 0 Å². The smallest absolute Gasteiger partial charge is 0.141 e. The van der Waals surface area contributed by atoms with E-state index in [1.54, 1.807) is 31.4 Å². The fourth-order valence-electron chi connectivity index (χ4n) is 1.60. The van der Waals surface area contributed by atoms with Crippen LogP contribution in [0.25, 0.3) is 0 Å². The Hall–Kier alpha value is -1.94. The van der Waals surface area contributed by atoms with Crippen molar-refractivity contribution in [3.63, 3.8) is 0 Å². The molecule has 0 aliphatic carbocycles. The van der Waals surface area contributed by atoms with Gasteiger partial charge in [0.2, 0.25) is 0 Å². The van der Waals surface area contributed by atoms with E-state index in [0.29, 0.717) is 23.8 Å². The van der Waals surface area contributed by atoms with Crippen LogP contribution in [0.15, 0.2) is 42.5 Å². The highest BCUT2D eigenvalue weighted by Crippen LogP contribution is 2.23. The van der Waals surface area contributed by atoms with Gasteiger partial charge in [-0.1, -0.05) is 12.1 Å². The van der Waals surface area contributed by atoms with E-state index in [2.05, 4.69) is 0 Å². The van der Waals surface area contributed by atoms with Crippen molar-refractivity contribution in [3.8, 4) is 11.5 Å². The third-order valence-electron chi connectivity index (χ3n) is 2.50. The summed E-state index contributed by atoms with van der Waals surface area (Å²) in [6.45, 7) is 0.331. The molecule has 0 fully saturated rings. The lowest BCUT2D eigenvalue weighted by Crippen LogP contribution is -1.98. The minimum Gasteiger partial charge on any atom is -0.495 e. The number of hydrogen-bond donors (Lipinski definition) is 1. The Morgan fingerprint density at radius 2 is 1.95 bits per heavy atom. The van der Waals surface area contributed by atoms with Crippen molar-refractivity contribution in [2.75, 3.05) is 12.8 Å². The molecule has 0 spiro atoms. The minimum absolute atomic E-state index is 0. The summed E-state index contributed by atoms with van der Waals surface area (Å²) in [6.07, 6.45) is 0. The van der Waals surface area contributed by atoms with Gasteiger partial charge in [0.1, 0.15) is 23.9 Å². The fourth-order valence-corrected chi connectivity index (χ4v) is 1.60. The van der Waals surface area contributed by atoms with Crippen LogP contribution in [0.1, 0.15) is 5.56 Å². The molecule has 19 heavy (non-hydrogen) atoms. The second kappa shape index (κ2) is 6.85. The van der Waals surface area contributed by atoms with Crippen LogP contribution >= 0.6 is 12.4 Å². The quantitative estimate of drug-likeness (QED) is 0.875. The summed E-state index contributed by atoms with van der Waals surface area (Å²) in [5.41, 5.74) is 7.24. The van der Waals surface area contributed by atoms with Crippen LogP contribution in [0.4, 0.5) is 10.1 Å². The number of benzene rings is 2. The molecule has 0 saturated carbocycles. The Labute approximate surface area is 117 Å². The summed E-state index contributed by atoms with van der Waals surface area (Å²) in [4.78, 5) is 0. The third kappa shape index (κ3) is 4.03. The highest BCUT2D eigenvalue weighted by molar-refractivity contribution is 5.85. The lowest BCUT2D eigenvalue weighted by atomic mass is 10.2. The molecule has 0 aromatic heterocycles. The molecule has 0 heterocycles. The first kappa shape index (κ1) is 15.1. The average molecular weight is 284 g/mol. The number of halogens is 2. The second-order valence-corrected chi connectivity index (χ2v) is 3.82. The Balaban J connectivity index is 0.00000180. The minimum atomic E-state index is -0.318. The van der Waals surface area contributed by atoms with Gasteiger partial charge < -0.3 is 15.2 Å². The Morgan fingerprint density at radius 3 is 2.58 bits per heavy atom. The van der Waals surface area contributed by atoms with Gasteiger partial charge in [-0.2, -0.15) is 0 Å². The van der Waals surface area contributed by atoms with Crippen molar-refractivity contribution in [2.45, 2.75) is 6.61 Å². The van der Waals surface area contributed by atoms with Crippen LogP contribution in [-0.2, 0) is 6.61 Å². The SMILES string of the molecule is COc1ccc(COc2cccc(F)c2)cc1N.Cl. The molecule has 102 valence electrons. The van der Waals surface area contributed by atoms with Crippen molar-refractivity contribution in [3.05, 3.63) is 53.8 Å². The number of nitrogens with two attached hydrogens (primary N) is 1. The average Bonchev–Trinajstić information content (AvgIpc) is 2.37.